The lowest BCUT2D eigenvalue weighted by atomic mass is 9.85. The Morgan fingerprint density at radius 2 is 2.27 bits per heavy atom. The molecule has 1 N–H and O–H groups in total. The van der Waals surface area contributed by atoms with Crippen molar-refractivity contribution in [1.82, 2.24) is 5.32 Å². The molecule has 1 aliphatic heterocycles. The van der Waals surface area contributed by atoms with E-state index in [0.717, 1.165) is 6.42 Å². The van der Waals surface area contributed by atoms with E-state index in [1.54, 1.807) is 0 Å². The Morgan fingerprint density at radius 3 is 2.64 bits per heavy atom. The summed E-state index contributed by atoms with van der Waals surface area (Å²) in [5.74, 6) is -0.309. The number of ketones is 1. The van der Waals surface area contributed by atoms with Crippen molar-refractivity contribution in [2.24, 2.45) is 11.8 Å². The van der Waals surface area contributed by atoms with Crippen LogP contribution < -0.4 is 5.32 Å². The lowest BCUT2D eigenvalue weighted by molar-refractivity contribution is -0.136. The minimum atomic E-state index is -0.399. The molecule has 1 fully saturated rings. The highest BCUT2D eigenvalue weighted by molar-refractivity contribution is 6.00. The van der Waals surface area contributed by atoms with Gasteiger partial charge in [-0.1, -0.05) is 6.92 Å². The molecule has 3 heteroatoms. The van der Waals surface area contributed by atoms with E-state index in [9.17, 15) is 9.59 Å². The molecule has 1 rings (SSSR count). The Labute approximate surface area is 66.2 Å². The van der Waals surface area contributed by atoms with Gasteiger partial charge in [0.25, 0.3) is 0 Å². The molecule has 1 heterocycles. The van der Waals surface area contributed by atoms with Crippen molar-refractivity contribution in [1.29, 1.82) is 0 Å². The molecule has 3 nitrogen and oxygen atoms in total. The van der Waals surface area contributed by atoms with Crippen molar-refractivity contribution in [3.8, 4) is 0 Å². The Balaban J connectivity index is 2.70. The monoisotopic (exact) mass is 155 g/mol. The summed E-state index contributed by atoms with van der Waals surface area (Å²) in [7, 11) is 0. The lowest BCUT2D eigenvalue weighted by Gasteiger charge is -2.25. The molecular formula is C8H13NO2. The van der Waals surface area contributed by atoms with Crippen LogP contribution in [-0.4, -0.2) is 18.2 Å². The van der Waals surface area contributed by atoms with Crippen LogP contribution in [0.2, 0.25) is 0 Å². The molecule has 62 valence electrons. The molecule has 0 saturated carbocycles. The summed E-state index contributed by atoms with van der Waals surface area (Å²) in [5, 5.41) is 2.68. The van der Waals surface area contributed by atoms with Gasteiger partial charge in [0.15, 0.2) is 0 Å². The fourth-order valence-corrected chi connectivity index (χ4v) is 1.54. The van der Waals surface area contributed by atoms with E-state index in [1.165, 1.54) is 6.92 Å². The van der Waals surface area contributed by atoms with E-state index in [2.05, 4.69) is 5.32 Å². The fraction of sp³-hybridized carbons (Fsp3) is 0.750. The minimum absolute atomic E-state index is 0.0188. The third-order valence-corrected chi connectivity index (χ3v) is 2.19. The van der Waals surface area contributed by atoms with Gasteiger partial charge in [0.1, 0.15) is 5.78 Å². The summed E-state index contributed by atoms with van der Waals surface area (Å²) in [6, 6.07) is 0. The maximum atomic E-state index is 11.1. The quantitative estimate of drug-likeness (QED) is 0.555. The smallest absolute Gasteiger partial charge is 0.230 e. The van der Waals surface area contributed by atoms with E-state index in [4.69, 9.17) is 0 Å². The van der Waals surface area contributed by atoms with Gasteiger partial charge in [-0.25, -0.2) is 0 Å². The maximum absolute atomic E-state index is 11.1. The van der Waals surface area contributed by atoms with Crippen LogP contribution in [0.4, 0.5) is 0 Å². The summed E-state index contributed by atoms with van der Waals surface area (Å²) in [6.07, 6.45) is 0.913. The zero-order valence-corrected chi connectivity index (χ0v) is 6.89. The van der Waals surface area contributed by atoms with E-state index in [-0.39, 0.29) is 17.6 Å². The zero-order valence-electron chi connectivity index (χ0n) is 6.89. The van der Waals surface area contributed by atoms with Crippen molar-refractivity contribution in [3.63, 3.8) is 0 Å². The maximum Gasteiger partial charge on any atom is 0.230 e. The van der Waals surface area contributed by atoms with E-state index in [0.29, 0.717) is 6.54 Å². The van der Waals surface area contributed by atoms with Gasteiger partial charge in [-0.05, 0) is 19.3 Å². The summed E-state index contributed by atoms with van der Waals surface area (Å²) in [4.78, 5) is 22.1. The molecule has 0 aromatic heterocycles. The molecule has 0 aromatic rings. The van der Waals surface area contributed by atoms with E-state index >= 15 is 0 Å². The molecule has 0 radical (unpaired) electrons. The molecule has 2 unspecified atom stereocenters. The topological polar surface area (TPSA) is 46.2 Å². The second-order valence-corrected chi connectivity index (χ2v) is 3.15. The Hall–Kier alpha value is -0.860. The summed E-state index contributed by atoms with van der Waals surface area (Å²) < 4.78 is 0. The number of amides is 1. The Kier molecular flexibility index (Phi) is 2.27. The van der Waals surface area contributed by atoms with Crippen molar-refractivity contribution < 1.29 is 9.59 Å². The van der Waals surface area contributed by atoms with Crippen LogP contribution in [-0.2, 0) is 9.59 Å². The predicted octanol–water partition coefficient (Wildman–Crippen LogP) is 0.348. The number of hydrogen-bond donors (Lipinski definition) is 1. The van der Waals surface area contributed by atoms with Crippen LogP contribution in [0.3, 0.4) is 0 Å². The molecule has 1 amide bonds. The van der Waals surface area contributed by atoms with Gasteiger partial charge in [-0.15, -0.1) is 0 Å². The molecule has 0 bridgehead atoms. The number of Topliss-reactive ketones (excluding diaryl/α,β-unsaturated/α-hetero) is 1. The Bertz CT molecular complexity index is 189. The van der Waals surface area contributed by atoms with Crippen LogP contribution in [0.15, 0.2) is 0 Å². The second kappa shape index (κ2) is 3.03. The molecule has 0 aliphatic carbocycles. The highest BCUT2D eigenvalue weighted by Gasteiger charge is 2.31. The standard InChI is InChI=1S/C8H13NO2/c1-5-3-4-9-8(11)7(5)6(2)10/h5,7H,3-4H2,1-2H3,(H,9,11). The first-order valence-electron chi connectivity index (χ1n) is 3.91. The van der Waals surface area contributed by atoms with Gasteiger partial charge in [-0.2, -0.15) is 0 Å². The van der Waals surface area contributed by atoms with Gasteiger partial charge in [0, 0.05) is 6.54 Å². The summed E-state index contributed by atoms with van der Waals surface area (Å²) in [5.41, 5.74) is 0. The number of rotatable bonds is 1. The first-order valence-corrected chi connectivity index (χ1v) is 3.91. The molecule has 1 aliphatic rings. The zero-order chi connectivity index (χ0) is 8.43. The number of nitrogens with one attached hydrogen (secondary N) is 1. The normalized spacial score (nSPS) is 31.3. The van der Waals surface area contributed by atoms with E-state index in [1.807, 2.05) is 6.92 Å². The van der Waals surface area contributed by atoms with Crippen LogP contribution in [0, 0.1) is 11.8 Å². The lowest BCUT2D eigenvalue weighted by Crippen LogP contribution is -2.44. The first kappa shape index (κ1) is 8.24. The molecule has 11 heavy (non-hydrogen) atoms. The average molecular weight is 155 g/mol. The molecule has 2 atom stereocenters. The Morgan fingerprint density at radius 1 is 1.64 bits per heavy atom. The number of hydrogen-bond acceptors (Lipinski definition) is 2. The number of piperidine rings is 1. The van der Waals surface area contributed by atoms with Crippen LogP contribution in [0.1, 0.15) is 20.3 Å². The highest BCUT2D eigenvalue weighted by Crippen LogP contribution is 2.19. The molecule has 0 aromatic carbocycles. The van der Waals surface area contributed by atoms with E-state index < -0.39 is 5.92 Å². The van der Waals surface area contributed by atoms with Gasteiger partial charge in [-0.3, -0.25) is 9.59 Å². The van der Waals surface area contributed by atoms with Crippen LogP contribution >= 0.6 is 0 Å². The van der Waals surface area contributed by atoms with Gasteiger partial charge >= 0.3 is 0 Å². The average Bonchev–Trinajstić information content (AvgIpc) is 1.85. The third kappa shape index (κ3) is 1.59. The van der Waals surface area contributed by atoms with Crippen LogP contribution in [0.25, 0.3) is 0 Å². The van der Waals surface area contributed by atoms with Gasteiger partial charge < -0.3 is 5.32 Å². The SMILES string of the molecule is CC(=O)C1C(=O)NCCC1C. The third-order valence-electron chi connectivity index (χ3n) is 2.19. The van der Waals surface area contributed by atoms with Crippen molar-refractivity contribution in [3.05, 3.63) is 0 Å². The minimum Gasteiger partial charge on any atom is -0.355 e. The highest BCUT2D eigenvalue weighted by atomic mass is 16.2. The summed E-state index contributed by atoms with van der Waals surface area (Å²) >= 11 is 0. The predicted molar refractivity (Wildman–Crippen MR) is 41.0 cm³/mol. The van der Waals surface area contributed by atoms with Crippen molar-refractivity contribution in [2.75, 3.05) is 6.54 Å². The largest absolute Gasteiger partial charge is 0.355 e. The van der Waals surface area contributed by atoms with Crippen molar-refractivity contribution in [2.45, 2.75) is 20.3 Å². The van der Waals surface area contributed by atoms with Gasteiger partial charge in [0.05, 0.1) is 5.92 Å². The fourth-order valence-electron chi connectivity index (χ4n) is 1.54. The van der Waals surface area contributed by atoms with Crippen molar-refractivity contribution >= 4 is 11.7 Å². The van der Waals surface area contributed by atoms with Crippen LogP contribution in [0.5, 0.6) is 0 Å². The van der Waals surface area contributed by atoms with Gasteiger partial charge in [0.2, 0.25) is 5.91 Å². The summed E-state index contributed by atoms with van der Waals surface area (Å²) in [6.45, 7) is 4.14. The number of carbonyl (C=O) groups is 2. The second-order valence-electron chi connectivity index (χ2n) is 3.15. The number of carbonyl (C=O) groups excluding carboxylic acids is 2. The molecule has 0 spiro atoms. The molecule has 1 saturated heterocycles. The molecular weight excluding hydrogens is 142 g/mol. The first-order chi connectivity index (χ1) is 5.13.